The Bertz CT molecular complexity index is 467. The molecule has 1 rings (SSSR count). The standard InChI is InChI=1S/C11H17N3O4S/c1-11(2,3)8-7(19-14-13-8)9(16)12-6(4-5-15)10(17)18/h6,15H,4-5H2,1-3H3,(H,12,16)(H,17,18)/t6-/m1/s1. The van der Waals surface area contributed by atoms with Gasteiger partial charge in [0.15, 0.2) is 0 Å². The molecule has 0 radical (unpaired) electrons. The van der Waals surface area contributed by atoms with E-state index in [1.807, 2.05) is 20.8 Å². The summed E-state index contributed by atoms with van der Waals surface area (Å²) >= 11 is 0.928. The Morgan fingerprint density at radius 1 is 1.42 bits per heavy atom. The quantitative estimate of drug-likeness (QED) is 0.722. The summed E-state index contributed by atoms with van der Waals surface area (Å²) in [4.78, 5) is 23.3. The van der Waals surface area contributed by atoms with Crippen LogP contribution >= 0.6 is 11.5 Å². The molecular weight excluding hydrogens is 270 g/mol. The summed E-state index contributed by atoms with van der Waals surface area (Å²) in [5.74, 6) is -1.71. The molecule has 7 nitrogen and oxygen atoms in total. The van der Waals surface area contributed by atoms with Crippen molar-refractivity contribution in [1.82, 2.24) is 14.9 Å². The lowest BCUT2D eigenvalue weighted by molar-refractivity contribution is -0.139. The van der Waals surface area contributed by atoms with Crippen molar-refractivity contribution in [2.45, 2.75) is 38.6 Å². The first-order valence-electron chi connectivity index (χ1n) is 5.74. The normalized spacial score (nSPS) is 13.1. The zero-order chi connectivity index (χ0) is 14.6. The molecule has 0 saturated heterocycles. The fourth-order valence-electron chi connectivity index (χ4n) is 1.44. The summed E-state index contributed by atoms with van der Waals surface area (Å²) in [5.41, 5.74) is 0.179. The van der Waals surface area contributed by atoms with Crippen LogP contribution in [0.5, 0.6) is 0 Å². The summed E-state index contributed by atoms with van der Waals surface area (Å²) in [6, 6.07) is -1.12. The molecule has 0 aromatic carbocycles. The van der Waals surface area contributed by atoms with Gasteiger partial charge in [-0.25, -0.2) is 4.79 Å². The fraction of sp³-hybridized carbons (Fsp3) is 0.636. The predicted molar refractivity (Wildman–Crippen MR) is 69.2 cm³/mol. The zero-order valence-corrected chi connectivity index (χ0v) is 11.8. The van der Waals surface area contributed by atoms with E-state index in [9.17, 15) is 9.59 Å². The number of carboxylic acids is 1. The first kappa shape index (κ1) is 15.5. The highest BCUT2D eigenvalue weighted by molar-refractivity contribution is 7.08. The fourth-order valence-corrected chi connectivity index (χ4v) is 2.22. The van der Waals surface area contributed by atoms with Crippen LogP contribution in [0.2, 0.25) is 0 Å². The van der Waals surface area contributed by atoms with Crippen LogP contribution in [0.3, 0.4) is 0 Å². The number of nitrogens with zero attached hydrogens (tertiary/aromatic N) is 2. The lowest BCUT2D eigenvalue weighted by Crippen LogP contribution is -2.41. The van der Waals surface area contributed by atoms with Gasteiger partial charge in [0.05, 0.1) is 5.69 Å². The largest absolute Gasteiger partial charge is 0.480 e. The number of carboxylic acid groups (broad SMARTS) is 1. The molecule has 1 amide bonds. The third-order valence-corrected chi connectivity index (χ3v) is 3.15. The van der Waals surface area contributed by atoms with E-state index in [1.165, 1.54) is 0 Å². The molecule has 106 valence electrons. The van der Waals surface area contributed by atoms with Crippen LogP contribution in [0.25, 0.3) is 0 Å². The number of amides is 1. The molecule has 8 heteroatoms. The molecular formula is C11H17N3O4S. The van der Waals surface area contributed by atoms with Gasteiger partial charge in [0.25, 0.3) is 5.91 Å². The number of nitrogens with one attached hydrogen (secondary N) is 1. The highest BCUT2D eigenvalue weighted by atomic mass is 32.1. The molecule has 0 aliphatic heterocycles. The van der Waals surface area contributed by atoms with E-state index in [-0.39, 0.29) is 18.4 Å². The van der Waals surface area contributed by atoms with Gasteiger partial charge >= 0.3 is 5.97 Å². The minimum absolute atomic E-state index is 0.0435. The molecule has 1 aromatic heterocycles. The maximum absolute atomic E-state index is 12.0. The zero-order valence-electron chi connectivity index (χ0n) is 11.0. The molecule has 0 fully saturated rings. The van der Waals surface area contributed by atoms with E-state index >= 15 is 0 Å². The predicted octanol–water partition coefficient (Wildman–Crippen LogP) is 0.401. The second-order valence-electron chi connectivity index (χ2n) is 5.08. The molecule has 0 aliphatic rings. The lowest BCUT2D eigenvalue weighted by atomic mass is 9.91. The number of hydrogen-bond acceptors (Lipinski definition) is 6. The molecule has 0 unspecified atom stereocenters. The van der Waals surface area contributed by atoms with E-state index in [0.717, 1.165) is 11.5 Å². The number of rotatable bonds is 5. The van der Waals surface area contributed by atoms with Crippen LogP contribution in [0.1, 0.15) is 42.6 Å². The molecule has 1 atom stereocenters. The molecule has 0 aliphatic carbocycles. The van der Waals surface area contributed by atoms with Gasteiger partial charge in [-0.05, 0) is 11.5 Å². The molecule has 1 aromatic rings. The van der Waals surface area contributed by atoms with Gasteiger partial charge in [0, 0.05) is 18.4 Å². The third-order valence-electron chi connectivity index (χ3n) is 2.43. The van der Waals surface area contributed by atoms with Crippen molar-refractivity contribution in [3.8, 4) is 0 Å². The highest BCUT2D eigenvalue weighted by Gasteiger charge is 2.28. The number of aliphatic hydroxyl groups is 1. The summed E-state index contributed by atoms with van der Waals surface area (Å²) in [5, 5.41) is 24.0. The molecule has 0 spiro atoms. The highest BCUT2D eigenvalue weighted by Crippen LogP contribution is 2.25. The third kappa shape index (κ3) is 3.97. The SMILES string of the molecule is CC(C)(C)c1nnsc1C(=O)N[C@H](CCO)C(=O)O. The summed E-state index contributed by atoms with van der Waals surface area (Å²) < 4.78 is 3.74. The van der Waals surface area contributed by atoms with Crippen molar-refractivity contribution < 1.29 is 19.8 Å². The van der Waals surface area contributed by atoms with Crippen LogP contribution < -0.4 is 5.32 Å². The van der Waals surface area contributed by atoms with Gasteiger partial charge in [-0.1, -0.05) is 25.3 Å². The summed E-state index contributed by atoms with van der Waals surface area (Å²) in [7, 11) is 0. The number of aliphatic carboxylic acids is 1. The van der Waals surface area contributed by atoms with Crippen molar-refractivity contribution in [3.63, 3.8) is 0 Å². The van der Waals surface area contributed by atoms with Crippen molar-refractivity contribution in [2.24, 2.45) is 0 Å². The van der Waals surface area contributed by atoms with Crippen molar-refractivity contribution in [1.29, 1.82) is 0 Å². The number of aliphatic hydroxyl groups excluding tert-OH is 1. The van der Waals surface area contributed by atoms with Gasteiger partial charge in [-0.2, -0.15) is 0 Å². The number of hydrogen-bond donors (Lipinski definition) is 3. The van der Waals surface area contributed by atoms with Crippen LogP contribution in [0, 0.1) is 0 Å². The van der Waals surface area contributed by atoms with Gasteiger partial charge in [-0.3, -0.25) is 4.79 Å². The lowest BCUT2D eigenvalue weighted by Gasteiger charge is -2.17. The Morgan fingerprint density at radius 3 is 2.53 bits per heavy atom. The molecule has 3 N–H and O–H groups in total. The molecule has 1 heterocycles. The van der Waals surface area contributed by atoms with E-state index in [0.29, 0.717) is 10.6 Å². The topological polar surface area (TPSA) is 112 Å². The van der Waals surface area contributed by atoms with Gasteiger partial charge in [-0.15, -0.1) is 5.10 Å². The van der Waals surface area contributed by atoms with E-state index in [1.54, 1.807) is 0 Å². The Balaban J connectivity index is 2.89. The molecule has 0 bridgehead atoms. The maximum atomic E-state index is 12.0. The smallest absolute Gasteiger partial charge is 0.326 e. The first-order chi connectivity index (χ1) is 8.77. The summed E-state index contributed by atoms with van der Waals surface area (Å²) in [6.07, 6.45) is -0.0435. The van der Waals surface area contributed by atoms with Crippen molar-refractivity contribution in [3.05, 3.63) is 10.6 Å². The minimum atomic E-state index is -1.18. The monoisotopic (exact) mass is 287 g/mol. The Labute approximate surface area is 114 Å². The summed E-state index contributed by atoms with van der Waals surface area (Å²) in [6.45, 7) is 5.36. The first-order valence-corrected chi connectivity index (χ1v) is 6.52. The molecule has 0 saturated carbocycles. The van der Waals surface area contributed by atoms with Gasteiger partial charge in [0.1, 0.15) is 10.9 Å². The van der Waals surface area contributed by atoms with Crippen LogP contribution in [0.4, 0.5) is 0 Å². The van der Waals surface area contributed by atoms with E-state index in [4.69, 9.17) is 10.2 Å². The number of aromatic nitrogens is 2. The molecule has 19 heavy (non-hydrogen) atoms. The van der Waals surface area contributed by atoms with Crippen LogP contribution in [-0.2, 0) is 10.2 Å². The van der Waals surface area contributed by atoms with Crippen molar-refractivity contribution in [2.75, 3.05) is 6.61 Å². The average molecular weight is 287 g/mol. The van der Waals surface area contributed by atoms with Crippen LogP contribution in [-0.4, -0.2) is 44.3 Å². The Hall–Kier alpha value is -1.54. The maximum Gasteiger partial charge on any atom is 0.326 e. The average Bonchev–Trinajstić information content (AvgIpc) is 2.76. The second-order valence-corrected chi connectivity index (χ2v) is 5.83. The number of carbonyl (C=O) groups excluding carboxylic acids is 1. The minimum Gasteiger partial charge on any atom is -0.480 e. The van der Waals surface area contributed by atoms with E-state index < -0.39 is 17.9 Å². The van der Waals surface area contributed by atoms with Gasteiger partial charge < -0.3 is 15.5 Å². The Kier molecular flexibility index (Phi) is 4.96. The Morgan fingerprint density at radius 2 is 2.05 bits per heavy atom. The number of carbonyl (C=O) groups is 2. The van der Waals surface area contributed by atoms with Gasteiger partial charge in [0.2, 0.25) is 0 Å². The second kappa shape index (κ2) is 6.07. The van der Waals surface area contributed by atoms with Crippen LogP contribution in [0.15, 0.2) is 0 Å². The van der Waals surface area contributed by atoms with Crippen molar-refractivity contribution >= 4 is 23.4 Å². The van der Waals surface area contributed by atoms with E-state index in [2.05, 4.69) is 14.9 Å².